The fourth-order valence-corrected chi connectivity index (χ4v) is 2.71. The average Bonchev–Trinajstić information content (AvgIpc) is 2.80. The van der Waals surface area contributed by atoms with Gasteiger partial charge < -0.3 is 14.8 Å². The third kappa shape index (κ3) is 2.42. The quantitative estimate of drug-likeness (QED) is 0.874. The molecule has 2 unspecified atom stereocenters. The highest BCUT2D eigenvalue weighted by atomic mass is 16.3. The Kier molecular flexibility index (Phi) is 3.35. The van der Waals surface area contributed by atoms with Crippen molar-refractivity contribution in [3.63, 3.8) is 0 Å². The topological polar surface area (TPSA) is 45.4 Å². The molecule has 3 heteroatoms. The highest BCUT2D eigenvalue weighted by Crippen LogP contribution is 2.21. The van der Waals surface area contributed by atoms with Crippen LogP contribution in [0.4, 0.5) is 0 Å². The van der Waals surface area contributed by atoms with Gasteiger partial charge in [0.15, 0.2) is 0 Å². The van der Waals surface area contributed by atoms with E-state index in [1.54, 1.807) is 0 Å². The fourth-order valence-electron chi connectivity index (χ4n) is 2.71. The van der Waals surface area contributed by atoms with Gasteiger partial charge in [0.05, 0.1) is 12.6 Å². The van der Waals surface area contributed by atoms with Crippen molar-refractivity contribution < 1.29 is 9.52 Å². The predicted octanol–water partition coefficient (Wildman–Crippen LogP) is 2.83. The third-order valence-corrected chi connectivity index (χ3v) is 3.74. The summed E-state index contributed by atoms with van der Waals surface area (Å²) in [7, 11) is 0. The molecule has 1 heterocycles. The summed E-state index contributed by atoms with van der Waals surface area (Å²) in [4.78, 5) is 0. The van der Waals surface area contributed by atoms with Gasteiger partial charge in [-0.2, -0.15) is 0 Å². The van der Waals surface area contributed by atoms with Crippen LogP contribution >= 0.6 is 0 Å². The SMILES string of the molecule is OC1CCCCC1NCc1cc2ccccc2o1. The first-order valence-corrected chi connectivity index (χ1v) is 6.72. The molecule has 3 rings (SSSR count). The van der Waals surface area contributed by atoms with Crippen LogP contribution in [0.2, 0.25) is 0 Å². The molecule has 0 amide bonds. The number of aliphatic hydroxyl groups is 1. The summed E-state index contributed by atoms with van der Waals surface area (Å²) in [5.41, 5.74) is 0.929. The highest BCUT2D eigenvalue weighted by Gasteiger charge is 2.22. The summed E-state index contributed by atoms with van der Waals surface area (Å²) >= 11 is 0. The molecule has 2 N–H and O–H groups in total. The predicted molar refractivity (Wildman–Crippen MR) is 71.3 cm³/mol. The van der Waals surface area contributed by atoms with Crippen LogP contribution in [-0.4, -0.2) is 17.3 Å². The Morgan fingerprint density at radius 3 is 2.89 bits per heavy atom. The molecule has 2 aromatic rings. The van der Waals surface area contributed by atoms with E-state index in [1.165, 1.54) is 6.42 Å². The fraction of sp³-hybridized carbons (Fsp3) is 0.467. The number of rotatable bonds is 3. The highest BCUT2D eigenvalue weighted by molar-refractivity contribution is 5.77. The van der Waals surface area contributed by atoms with Crippen LogP contribution in [0.5, 0.6) is 0 Å². The van der Waals surface area contributed by atoms with Crippen molar-refractivity contribution in [3.8, 4) is 0 Å². The normalized spacial score (nSPS) is 24.5. The van der Waals surface area contributed by atoms with Gasteiger partial charge in [0.25, 0.3) is 0 Å². The second kappa shape index (κ2) is 5.12. The Balaban J connectivity index is 1.65. The van der Waals surface area contributed by atoms with E-state index in [-0.39, 0.29) is 12.1 Å². The number of aliphatic hydroxyl groups excluding tert-OH is 1. The second-order valence-electron chi connectivity index (χ2n) is 5.09. The van der Waals surface area contributed by atoms with Crippen LogP contribution in [0, 0.1) is 0 Å². The largest absolute Gasteiger partial charge is 0.460 e. The van der Waals surface area contributed by atoms with E-state index in [0.717, 1.165) is 36.0 Å². The molecule has 18 heavy (non-hydrogen) atoms. The summed E-state index contributed by atoms with van der Waals surface area (Å²) in [6.07, 6.45) is 4.11. The number of fused-ring (bicyclic) bond motifs is 1. The van der Waals surface area contributed by atoms with Crippen molar-refractivity contribution in [1.82, 2.24) is 5.32 Å². The van der Waals surface area contributed by atoms with Crippen molar-refractivity contribution in [2.75, 3.05) is 0 Å². The summed E-state index contributed by atoms with van der Waals surface area (Å²) < 4.78 is 5.75. The van der Waals surface area contributed by atoms with Crippen molar-refractivity contribution in [2.45, 2.75) is 44.4 Å². The molecular weight excluding hydrogens is 226 g/mol. The molecule has 0 spiro atoms. The molecule has 1 fully saturated rings. The lowest BCUT2D eigenvalue weighted by Gasteiger charge is -2.28. The molecule has 0 aliphatic heterocycles. The molecule has 96 valence electrons. The van der Waals surface area contributed by atoms with E-state index in [4.69, 9.17) is 4.42 Å². The second-order valence-corrected chi connectivity index (χ2v) is 5.09. The number of benzene rings is 1. The zero-order chi connectivity index (χ0) is 12.4. The van der Waals surface area contributed by atoms with Gasteiger partial charge in [0, 0.05) is 11.4 Å². The minimum absolute atomic E-state index is 0.205. The lowest BCUT2D eigenvalue weighted by molar-refractivity contribution is 0.0894. The van der Waals surface area contributed by atoms with Gasteiger partial charge in [0.1, 0.15) is 11.3 Å². The summed E-state index contributed by atoms with van der Waals surface area (Å²) in [6, 6.07) is 10.3. The molecule has 0 radical (unpaired) electrons. The number of para-hydroxylation sites is 1. The zero-order valence-electron chi connectivity index (χ0n) is 10.4. The molecule has 1 aromatic heterocycles. The van der Waals surface area contributed by atoms with E-state index in [0.29, 0.717) is 6.54 Å². The van der Waals surface area contributed by atoms with E-state index in [2.05, 4.69) is 17.4 Å². The van der Waals surface area contributed by atoms with Crippen molar-refractivity contribution in [1.29, 1.82) is 0 Å². The Morgan fingerprint density at radius 2 is 2.06 bits per heavy atom. The van der Waals surface area contributed by atoms with Gasteiger partial charge in [-0.05, 0) is 25.0 Å². The smallest absolute Gasteiger partial charge is 0.134 e. The van der Waals surface area contributed by atoms with E-state index in [9.17, 15) is 5.11 Å². The van der Waals surface area contributed by atoms with Crippen LogP contribution in [0.25, 0.3) is 11.0 Å². The van der Waals surface area contributed by atoms with Crippen molar-refractivity contribution in [3.05, 3.63) is 36.1 Å². The van der Waals surface area contributed by atoms with Gasteiger partial charge in [-0.15, -0.1) is 0 Å². The van der Waals surface area contributed by atoms with E-state index in [1.807, 2.05) is 18.2 Å². The molecule has 1 aromatic carbocycles. The third-order valence-electron chi connectivity index (χ3n) is 3.74. The molecular formula is C15H19NO2. The van der Waals surface area contributed by atoms with Gasteiger partial charge in [-0.1, -0.05) is 31.0 Å². The first kappa shape index (κ1) is 11.8. The van der Waals surface area contributed by atoms with Gasteiger partial charge in [-0.25, -0.2) is 0 Å². The standard InChI is InChI=1S/C15H19NO2/c17-14-7-3-2-6-13(14)16-10-12-9-11-5-1-4-8-15(11)18-12/h1,4-5,8-9,13-14,16-17H,2-3,6-7,10H2. The van der Waals surface area contributed by atoms with Gasteiger partial charge in [-0.3, -0.25) is 0 Å². The van der Waals surface area contributed by atoms with Crippen molar-refractivity contribution >= 4 is 11.0 Å². The number of hydrogen-bond donors (Lipinski definition) is 2. The Hall–Kier alpha value is -1.32. The van der Waals surface area contributed by atoms with Crippen LogP contribution in [0.15, 0.2) is 34.7 Å². The average molecular weight is 245 g/mol. The maximum Gasteiger partial charge on any atom is 0.134 e. The van der Waals surface area contributed by atoms with Crippen LogP contribution in [0.3, 0.4) is 0 Å². The van der Waals surface area contributed by atoms with E-state index < -0.39 is 0 Å². The maximum atomic E-state index is 9.89. The zero-order valence-corrected chi connectivity index (χ0v) is 10.4. The molecule has 0 bridgehead atoms. The molecule has 1 aliphatic rings. The monoisotopic (exact) mass is 245 g/mol. The lowest BCUT2D eigenvalue weighted by Crippen LogP contribution is -2.41. The Bertz CT molecular complexity index is 487. The minimum atomic E-state index is -0.205. The number of hydrogen-bond acceptors (Lipinski definition) is 3. The van der Waals surface area contributed by atoms with Crippen LogP contribution < -0.4 is 5.32 Å². The summed E-state index contributed by atoms with van der Waals surface area (Å²) in [5.74, 6) is 0.939. The summed E-state index contributed by atoms with van der Waals surface area (Å²) in [5, 5.41) is 14.4. The molecule has 1 saturated carbocycles. The first-order chi connectivity index (χ1) is 8.83. The van der Waals surface area contributed by atoms with Crippen LogP contribution in [-0.2, 0) is 6.54 Å². The molecule has 0 saturated heterocycles. The number of furan rings is 1. The van der Waals surface area contributed by atoms with Gasteiger partial charge >= 0.3 is 0 Å². The lowest BCUT2D eigenvalue weighted by atomic mass is 9.92. The molecule has 1 aliphatic carbocycles. The Labute approximate surface area is 107 Å². The summed E-state index contributed by atoms with van der Waals surface area (Å²) in [6.45, 7) is 0.691. The molecule has 2 atom stereocenters. The van der Waals surface area contributed by atoms with Crippen molar-refractivity contribution in [2.24, 2.45) is 0 Å². The number of nitrogens with one attached hydrogen (secondary N) is 1. The van der Waals surface area contributed by atoms with Gasteiger partial charge in [0.2, 0.25) is 0 Å². The molecule has 3 nitrogen and oxygen atoms in total. The van der Waals surface area contributed by atoms with E-state index >= 15 is 0 Å². The Morgan fingerprint density at radius 1 is 1.22 bits per heavy atom. The maximum absolute atomic E-state index is 9.89. The minimum Gasteiger partial charge on any atom is -0.460 e. The van der Waals surface area contributed by atoms with Crippen LogP contribution in [0.1, 0.15) is 31.4 Å². The first-order valence-electron chi connectivity index (χ1n) is 6.72.